The Kier molecular flexibility index (Phi) is 3.75. The fourth-order valence-corrected chi connectivity index (χ4v) is 2.50. The Bertz CT molecular complexity index is 304. The highest BCUT2D eigenvalue weighted by molar-refractivity contribution is 7.09. The Balaban J connectivity index is 1.67. The SMILES string of the molecule is O=C(NCCc1cccs1)[C@H]1CCCN1. The summed E-state index contributed by atoms with van der Waals surface area (Å²) in [6.45, 7) is 1.72. The molecule has 3 nitrogen and oxygen atoms in total. The van der Waals surface area contributed by atoms with E-state index in [9.17, 15) is 4.79 Å². The second kappa shape index (κ2) is 5.28. The van der Waals surface area contributed by atoms with Crippen LogP contribution in [-0.4, -0.2) is 25.0 Å². The molecule has 0 radical (unpaired) electrons. The Hall–Kier alpha value is -0.870. The number of carbonyl (C=O) groups is 1. The lowest BCUT2D eigenvalue weighted by Gasteiger charge is -2.10. The lowest BCUT2D eigenvalue weighted by molar-refractivity contribution is -0.122. The molecule has 2 heterocycles. The predicted octanol–water partition coefficient (Wildman–Crippen LogP) is 1.16. The highest BCUT2D eigenvalue weighted by Gasteiger charge is 2.21. The molecule has 0 saturated carbocycles. The summed E-state index contributed by atoms with van der Waals surface area (Å²) < 4.78 is 0. The van der Waals surface area contributed by atoms with Gasteiger partial charge < -0.3 is 10.6 Å². The summed E-state index contributed by atoms with van der Waals surface area (Å²) >= 11 is 1.74. The zero-order valence-electron chi connectivity index (χ0n) is 8.66. The Morgan fingerprint density at radius 3 is 3.27 bits per heavy atom. The molecule has 1 fully saturated rings. The van der Waals surface area contributed by atoms with Crippen molar-refractivity contribution in [2.45, 2.75) is 25.3 Å². The minimum atomic E-state index is 0.0494. The molecule has 1 atom stereocenters. The maximum Gasteiger partial charge on any atom is 0.237 e. The number of carbonyl (C=O) groups excluding carboxylic acids is 1. The van der Waals surface area contributed by atoms with Gasteiger partial charge in [-0.3, -0.25) is 4.79 Å². The van der Waals surface area contributed by atoms with Crippen molar-refractivity contribution in [3.05, 3.63) is 22.4 Å². The van der Waals surface area contributed by atoms with Crippen molar-refractivity contribution < 1.29 is 4.79 Å². The molecular weight excluding hydrogens is 208 g/mol. The Morgan fingerprint density at radius 1 is 1.67 bits per heavy atom. The van der Waals surface area contributed by atoms with E-state index in [1.54, 1.807) is 11.3 Å². The molecular formula is C11H16N2OS. The van der Waals surface area contributed by atoms with E-state index in [0.29, 0.717) is 0 Å². The molecule has 0 aliphatic carbocycles. The van der Waals surface area contributed by atoms with Crippen LogP contribution in [0.2, 0.25) is 0 Å². The van der Waals surface area contributed by atoms with Gasteiger partial charge >= 0.3 is 0 Å². The van der Waals surface area contributed by atoms with E-state index in [2.05, 4.69) is 22.1 Å². The highest BCUT2D eigenvalue weighted by atomic mass is 32.1. The van der Waals surface area contributed by atoms with E-state index in [1.165, 1.54) is 4.88 Å². The molecule has 2 rings (SSSR count). The quantitative estimate of drug-likeness (QED) is 0.806. The number of hydrogen-bond donors (Lipinski definition) is 2. The normalized spacial score (nSPS) is 20.4. The van der Waals surface area contributed by atoms with Crippen molar-refractivity contribution in [1.29, 1.82) is 0 Å². The molecule has 15 heavy (non-hydrogen) atoms. The van der Waals surface area contributed by atoms with Crippen LogP contribution >= 0.6 is 11.3 Å². The average Bonchev–Trinajstić information content (AvgIpc) is 2.90. The van der Waals surface area contributed by atoms with Gasteiger partial charge in [-0.1, -0.05) is 6.07 Å². The standard InChI is InChI=1S/C11H16N2OS/c14-11(10-4-1-6-12-10)13-7-5-9-3-2-8-15-9/h2-3,8,10,12H,1,4-7H2,(H,13,14)/t10-/m1/s1. The molecule has 2 N–H and O–H groups in total. The van der Waals surface area contributed by atoms with Crippen LogP contribution in [0.3, 0.4) is 0 Å². The highest BCUT2D eigenvalue weighted by Crippen LogP contribution is 2.08. The van der Waals surface area contributed by atoms with Crippen molar-refractivity contribution >= 4 is 17.2 Å². The van der Waals surface area contributed by atoms with Crippen LogP contribution in [0.15, 0.2) is 17.5 Å². The van der Waals surface area contributed by atoms with Crippen LogP contribution < -0.4 is 10.6 Å². The van der Waals surface area contributed by atoms with E-state index in [-0.39, 0.29) is 11.9 Å². The van der Waals surface area contributed by atoms with E-state index in [0.717, 1.165) is 32.4 Å². The molecule has 1 aromatic heterocycles. The van der Waals surface area contributed by atoms with Gasteiger partial charge in [0.05, 0.1) is 6.04 Å². The molecule has 82 valence electrons. The summed E-state index contributed by atoms with van der Waals surface area (Å²) in [5.41, 5.74) is 0. The van der Waals surface area contributed by atoms with Gasteiger partial charge in [-0.05, 0) is 37.3 Å². The second-order valence-corrected chi connectivity index (χ2v) is 4.80. The van der Waals surface area contributed by atoms with Gasteiger partial charge in [0, 0.05) is 11.4 Å². The van der Waals surface area contributed by atoms with E-state index >= 15 is 0 Å². The lowest BCUT2D eigenvalue weighted by atomic mass is 10.2. The first-order valence-electron chi connectivity index (χ1n) is 5.40. The summed E-state index contributed by atoms with van der Waals surface area (Å²) in [5, 5.41) is 8.22. The fraction of sp³-hybridized carbons (Fsp3) is 0.545. The molecule has 1 aromatic rings. The average molecular weight is 224 g/mol. The van der Waals surface area contributed by atoms with Gasteiger partial charge in [-0.25, -0.2) is 0 Å². The van der Waals surface area contributed by atoms with E-state index in [1.807, 2.05) is 6.07 Å². The van der Waals surface area contributed by atoms with Crippen molar-refractivity contribution in [3.8, 4) is 0 Å². The minimum absolute atomic E-state index is 0.0494. The fourth-order valence-electron chi connectivity index (χ4n) is 1.80. The van der Waals surface area contributed by atoms with Gasteiger partial charge in [0.2, 0.25) is 5.91 Å². The number of hydrogen-bond acceptors (Lipinski definition) is 3. The van der Waals surface area contributed by atoms with Crippen molar-refractivity contribution in [2.75, 3.05) is 13.1 Å². The van der Waals surface area contributed by atoms with Gasteiger partial charge in [-0.2, -0.15) is 0 Å². The molecule has 1 amide bonds. The number of rotatable bonds is 4. The first-order valence-corrected chi connectivity index (χ1v) is 6.28. The largest absolute Gasteiger partial charge is 0.354 e. The summed E-state index contributed by atoms with van der Waals surface area (Å²) in [6, 6.07) is 4.19. The molecule has 0 unspecified atom stereocenters. The van der Waals surface area contributed by atoms with Crippen LogP contribution in [0.4, 0.5) is 0 Å². The maximum absolute atomic E-state index is 11.6. The summed E-state index contributed by atoms with van der Waals surface area (Å²) in [6.07, 6.45) is 3.03. The number of thiophene rings is 1. The van der Waals surface area contributed by atoms with Crippen molar-refractivity contribution in [3.63, 3.8) is 0 Å². The number of nitrogens with one attached hydrogen (secondary N) is 2. The third kappa shape index (κ3) is 3.04. The Morgan fingerprint density at radius 2 is 2.60 bits per heavy atom. The Labute approximate surface area is 93.9 Å². The van der Waals surface area contributed by atoms with Crippen LogP contribution in [-0.2, 0) is 11.2 Å². The third-order valence-corrected chi connectivity index (χ3v) is 3.56. The first-order chi connectivity index (χ1) is 7.36. The van der Waals surface area contributed by atoms with E-state index in [4.69, 9.17) is 0 Å². The van der Waals surface area contributed by atoms with Gasteiger partial charge in [0.15, 0.2) is 0 Å². The predicted molar refractivity (Wildman–Crippen MR) is 62.1 cm³/mol. The molecule has 1 aliphatic rings. The van der Waals surface area contributed by atoms with Crippen LogP contribution in [0.25, 0.3) is 0 Å². The topological polar surface area (TPSA) is 41.1 Å². The minimum Gasteiger partial charge on any atom is -0.354 e. The second-order valence-electron chi connectivity index (χ2n) is 3.77. The van der Waals surface area contributed by atoms with E-state index < -0.39 is 0 Å². The summed E-state index contributed by atoms with van der Waals surface area (Å²) in [5.74, 6) is 0.157. The van der Waals surface area contributed by atoms with Crippen LogP contribution in [0, 0.1) is 0 Å². The van der Waals surface area contributed by atoms with Crippen LogP contribution in [0.5, 0.6) is 0 Å². The maximum atomic E-state index is 11.6. The van der Waals surface area contributed by atoms with Gasteiger partial charge in [-0.15, -0.1) is 11.3 Å². The molecule has 4 heteroatoms. The molecule has 1 aliphatic heterocycles. The zero-order chi connectivity index (χ0) is 10.5. The molecule has 1 saturated heterocycles. The van der Waals surface area contributed by atoms with Crippen molar-refractivity contribution in [1.82, 2.24) is 10.6 Å². The summed E-state index contributed by atoms with van der Waals surface area (Å²) in [4.78, 5) is 12.9. The summed E-state index contributed by atoms with van der Waals surface area (Å²) in [7, 11) is 0. The zero-order valence-corrected chi connectivity index (χ0v) is 9.48. The van der Waals surface area contributed by atoms with Crippen LogP contribution in [0.1, 0.15) is 17.7 Å². The smallest absolute Gasteiger partial charge is 0.237 e. The van der Waals surface area contributed by atoms with Gasteiger partial charge in [0.25, 0.3) is 0 Å². The number of amides is 1. The molecule has 0 aromatic carbocycles. The molecule has 0 spiro atoms. The first kappa shape index (κ1) is 10.6. The molecule has 0 bridgehead atoms. The lowest BCUT2D eigenvalue weighted by Crippen LogP contribution is -2.41. The van der Waals surface area contributed by atoms with Gasteiger partial charge in [0.1, 0.15) is 0 Å². The third-order valence-electron chi connectivity index (χ3n) is 2.63. The monoisotopic (exact) mass is 224 g/mol. The van der Waals surface area contributed by atoms with Crippen molar-refractivity contribution in [2.24, 2.45) is 0 Å².